The van der Waals surface area contributed by atoms with E-state index in [0.717, 1.165) is 22.8 Å². The molecule has 0 radical (unpaired) electrons. The summed E-state index contributed by atoms with van der Waals surface area (Å²) >= 11 is 11.3. The number of hydrogen-bond donors (Lipinski definition) is 0. The van der Waals surface area contributed by atoms with E-state index in [0.29, 0.717) is 16.5 Å². The average Bonchev–Trinajstić information content (AvgIpc) is 3.17. The fourth-order valence-electron chi connectivity index (χ4n) is 3.34. The molecule has 0 aliphatic rings. The topological polar surface area (TPSA) is 39.1 Å². The molecule has 0 amide bonds. The highest BCUT2D eigenvalue weighted by atomic mass is 35.5. The van der Waals surface area contributed by atoms with E-state index in [9.17, 15) is 40.3 Å². The van der Waals surface area contributed by atoms with Gasteiger partial charge in [0, 0.05) is 24.4 Å². The van der Waals surface area contributed by atoms with Crippen LogP contribution in [0.4, 0.5) is 30.7 Å². The van der Waals surface area contributed by atoms with Crippen LogP contribution >= 0.6 is 23.2 Å². The van der Waals surface area contributed by atoms with Gasteiger partial charge < -0.3 is 0 Å². The summed E-state index contributed by atoms with van der Waals surface area (Å²) in [7, 11) is 0. The number of Topliss-reactive ketones (excluding diaryl/α,β-unsaturated/α-hetero) is 1. The second-order valence-electron chi connectivity index (χ2n) is 7.50. The Kier molecular flexibility index (Phi) is 7.66. The van der Waals surface area contributed by atoms with Crippen molar-refractivity contribution in [2.75, 3.05) is 0 Å². The molecule has 0 bridgehead atoms. The zero-order chi connectivity index (χ0) is 26.1. The first-order chi connectivity index (χ1) is 16.2. The Hall–Kier alpha value is -2.85. The molecule has 1 aromatic heterocycles. The summed E-state index contributed by atoms with van der Waals surface area (Å²) in [4.78, 5) is 23.2. The standard InChI is InChI=1S/C23H14Cl2F7NO2/c24-16-10-14(11-17(25)21(16)26)15(22(27,28)29)3-1-12-2-4-18-13(9-12)7-8-33(18)20(35)6-5-19(34)23(30,31)32/h1-4,7-11,15H,5-6H2/b3-1+. The highest BCUT2D eigenvalue weighted by Gasteiger charge is 2.39. The molecular formula is C23H14Cl2F7NO2. The largest absolute Gasteiger partial charge is 0.449 e. The van der Waals surface area contributed by atoms with Crippen molar-refractivity contribution in [3.05, 3.63) is 75.7 Å². The predicted octanol–water partition coefficient (Wildman–Crippen LogP) is 8.00. The van der Waals surface area contributed by atoms with Gasteiger partial charge in [-0.1, -0.05) is 41.4 Å². The van der Waals surface area contributed by atoms with Crippen LogP contribution in [0, 0.1) is 5.82 Å². The maximum Gasteiger partial charge on any atom is 0.449 e. The van der Waals surface area contributed by atoms with Gasteiger partial charge in [0.05, 0.1) is 21.5 Å². The van der Waals surface area contributed by atoms with E-state index >= 15 is 0 Å². The number of benzene rings is 2. The first-order valence-corrected chi connectivity index (χ1v) is 10.6. The van der Waals surface area contributed by atoms with Gasteiger partial charge in [0.15, 0.2) is 5.82 Å². The number of aromatic nitrogens is 1. The Bertz CT molecular complexity index is 1290. The molecule has 0 N–H and O–H groups in total. The minimum absolute atomic E-state index is 0.302. The Morgan fingerprint density at radius 3 is 2.14 bits per heavy atom. The van der Waals surface area contributed by atoms with Gasteiger partial charge in [0.25, 0.3) is 0 Å². The van der Waals surface area contributed by atoms with Crippen molar-refractivity contribution in [3.63, 3.8) is 0 Å². The van der Waals surface area contributed by atoms with Gasteiger partial charge in [-0.2, -0.15) is 26.3 Å². The Morgan fingerprint density at radius 2 is 1.57 bits per heavy atom. The van der Waals surface area contributed by atoms with Gasteiger partial charge in [-0.3, -0.25) is 14.2 Å². The lowest BCUT2D eigenvalue weighted by Gasteiger charge is -2.18. The lowest BCUT2D eigenvalue weighted by atomic mass is 9.97. The monoisotopic (exact) mass is 539 g/mol. The maximum absolute atomic E-state index is 13.7. The number of carbonyl (C=O) groups is 2. The molecule has 2 aromatic carbocycles. The SMILES string of the molecule is O=C(CCC(=O)C(F)(F)F)n1ccc2cc(/C=C/C(c3cc(Cl)c(F)c(Cl)c3)C(F)(F)F)ccc21. The number of allylic oxidation sites excluding steroid dienone is 1. The van der Waals surface area contributed by atoms with Gasteiger partial charge in [0.1, 0.15) is 0 Å². The van der Waals surface area contributed by atoms with Crippen molar-refractivity contribution in [1.82, 2.24) is 4.57 Å². The summed E-state index contributed by atoms with van der Waals surface area (Å²) < 4.78 is 92.6. The normalized spacial score (nSPS) is 13.5. The number of nitrogens with zero attached hydrogens (tertiary/aromatic N) is 1. The van der Waals surface area contributed by atoms with Gasteiger partial charge in [-0.15, -0.1) is 0 Å². The summed E-state index contributed by atoms with van der Waals surface area (Å²) in [5.74, 6) is -5.94. The predicted molar refractivity (Wildman–Crippen MR) is 117 cm³/mol. The molecule has 1 unspecified atom stereocenters. The van der Waals surface area contributed by atoms with Crippen molar-refractivity contribution >= 4 is 51.9 Å². The number of fused-ring (bicyclic) bond motifs is 1. The third-order valence-corrected chi connectivity index (χ3v) is 5.61. The highest BCUT2D eigenvalue weighted by Crippen LogP contribution is 2.39. The molecular weight excluding hydrogens is 526 g/mol. The van der Waals surface area contributed by atoms with Crippen LogP contribution < -0.4 is 0 Å². The third-order valence-electron chi connectivity index (χ3n) is 5.06. The van der Waals surface area contributed by atoms with Crippen LogP contribution in [0.3, 0.4) is 0 Å². The minimum Gasteiger partial charge on any atom is -0.290 e. The summed E-state index contributed by atoms with van der Waals surface area (Å²) in [5.41, 5.74) is 0.260. The molecule has 1 atom stereocenters. The number of halogens is 9. The highest BCUT2D eigenvalue weighted by molar-refractivity contribution is 6.35. The second-order valence-corrected chi connectivity index (χ2v) is 8.31. The number of hydrogen-bond acceptors (Lipinski definition) is 2. The minimum atomic E-state index is -5.03. The van der Waals surface area contributed by atoms with Crippen LogP contribution in [0.25, 0.3) is 17.0 Å². The van der Waals surface area contributed by atoms with Crippen molar-refractivity contribution < 1.29 is 40.3 Å². The lowest BCUT2D eigenvalue weighted by molar-refractivity contribution is -0.170. The number of rotatable bonds is 6. The molecule has 186 valence electrons. The maximum atomic E-state index is 13.7. The molecule has 0 aliphatic carbocycles. The molecule has 12 heteroatoms. The Balaban J connectivity index is 1.84. The molecule has 0 saturated heterocycles. The summed E-state index contributed by atoms with van der Waals surface area (Å²) in [6.07, 6.45) is -8.14. The third kappa shape index (κ3) is 6.24. The van der Waals surface area contributed by atoms with Crippen molar-refractivity contribution in [2.45, 2.75) is 31.1 Å². The number of carbonyl (C=O) groups excluding carboxylic acids is 2. The molecule has 3 aromatic rings. The summed E-state index contributed by atoms with van der Waals surface area (Å²) in [5, 5.41) is -0.682. The molecule has 3 rings (SSSR count). The van der Waals surface area contributed by atoms with E-state index in [4.69, 9.17) is 23.2 Å². The average molecular weight is 540 g/mol. The van der Waals surface area contributed by atoms with Crippen molar-refractivity contribution in [3.8, 4) is 0 Å². The van der Waals surface area contributed by atoms with Gasteiger partial charge >= 0.3 is 12.4 Å². The van der Waals surface area contributed by atoms with Gasteiger partial charge in [-0.25, -0.2) is 4.39 Å². The lowest BCUT2D eigenvalue weighted by Crippen LogP contribution is -2.24. The number of ketones is 1. The van der Waals surface area contributed by atoms with Crippen LogP contribution in [-0.4, -0.2) is 28.6 Å². The number of alkyl halides is 6. The second kappa shape index (κ2) is 10.0. The Labute approximate surface area is 203 Å². The van der Waals surface area contributed by atoms with Crippen molar-refractivity contribution in [2.24, 2.45) is 0 Å². The van der Waals surface area contributed by atoms with E-state index in [-0.39, 0.29) is 5.56 Å². The van der Waals surface area contributed by atoms with Crippen LogP contribution in [0.2, 0.25) is 10.0 Å². The van der Waals surface area contributed by atoms with E-state index in [1.807, 2.05) is 0 Å². The zero-order valence-electron chi connectivity index (χ0n) is 17.4. The van der Waals surface area contributed by atoms with Crippen LogP contribution in [0.15, 0.2) is 48.7 Å². The van der Waals surface area contributed by atoms with Crippen molar-refractivity contribution in [1.29, 1.82) is 0 Å². The zero-order valence-corrected chi connectivity index (χ0v) is 18.9. The first kappa shape index (κ1) is 26.7. The summed E-state index contributed by atoms with van der Waals surface area (Å²) in [6, 6.07) is 7.41. The van der Waals surface area contributed by atoms with Gasteiger partial charge in [0.2, 0.25) is 11.7 Å². The van der Waals surface area contributed by atoms with Crippen LogP contribution in [-0.2, 0) is 4.79 Å². The molecule has 3 nitrogen and oxygen atoms in total. The molecule has 0 fully saturated rings. The molecule has 0 aliphatic heterocycles. The van der Waals surface area contributed by atoms with Crippen LogP contribution in [0.5, 0.6) is 0 Å². The molecule has 0 spiro atoms. The Morgan fingerprint density at radius 1 is 0.943 bits per heavy atom. The fourth-order valence-corrected chi connectivity index (χ4v) is 3.84. The van der Waals surface area contributed by atoms with Crippen LogP contribution in [0.1, 0.15) is 34.7 Å². The van der Waals surface area contributed by atoms with E-state index in [1.165, 1.54) is 36.5 Å². The van der Waals surface area contributed by atoms with E-state index in [2.05, 4.69) is 0 Å². The molecule has 35 heavy (non-hydrogen) atoms. The van der Waals surface area contributed by atoms with E-state index < -0.39 is 58.7 Å². The molecule has 1 heterocycles. The van der Waals surface area contributed by atoms with E-state index in [1.54, 1.807) is 0 Å². The first-order valence-electron chi connectivity index (χ1n) is 9.82. The fraction of sp³-hybridized carbons (Fsp3) is 0.217. The quantitative estimate of drug-likeness (QED) is 0.235. The smallest absolute Gasteiger partial charge is 0.290 e. The molecule has 0 saturated carbocycles. The summed E-state index contributed by atoms with van der Waals surface area (Å²) in [6.45, 7) is 0. The van der Waals surface area contributed by atoms with Gasteiger partial charge in [-0.05, 0) is 41.5 Å².